The van der Waals surface area contributed by atoms with E-state index in [0.717, 1.165) is 12.2 Å². The fourth-order valence-electron chi connectivity index (χ4n) is 3.02. The van der Waals surface area contributed by atoms with Crippen LogP contribution in [0, 0.1) is 5.92 Å². The van der Waals surface area contributed by atoms with Crippen molar-refractivity contribution in [3.8, 4) is 0 Å². The third kappa shape index (κ3) is 1.78. The lowest BCUT2D eigenvalue weighted by atomic mass is 9.92. The molecular weight excluding hydrogens is 216 g/mol. The number of benzene rings is 1. The van der Waals surface area contributed by atoms with Gasteiger partial charge in [-0.1, -0.05) is 37.3 Å². The van der Waals surface area contributed by atoms with Crippen LogP contribution < -0.4 is 0 Å². The number of rotatable bonds is 2. The lowest BCUT2D eigenvalue weighted by molar-refractivity contribution is 0.0386. The van der Waals surface area contributed by atoms with Gasteiger partial charge in [-0.05, 0) is 30.2 Å². The van der Waals surface area contributed by atoms with Crippen molar-refractivity contribution >= 4 is 11.8 Å². The molecule has 1 aromatic rings. The molecule has 2 heteroatoms. The minimum absolute atomic E-state index is 0.384. The first kappa shape index (κ1) is 10.7. The zero-order valence-corrected chi connectivity index (χ0v) is 10.4. The molecule has 1 aliphatic heterocycles. The predicted molar refractivity (Wildman–Crippen MR) is 68.8 cm³/mol. The minimum Gasteiger partial charge on any atom is -0.389 e. The molecule has 0 amide bonds. The largest absolute Gasteiger partial charge is 0.389 e. The van der Waals surface area contributed by atoms with Crippen molar-refractivity contribution in [2.75, 3.05) is 5.75 Å². The van der Waals surface area contributed by atoms with Gasteiger partial charge in [0.15, 0.2) is 0 Å². The molecule has 2 fully saturated rings. The number of hydrogen-bond donors (Lipinski definition) is 1. The Morgan fingerprint density at radius 2 is 2.06 bits per heavy atom. The van der Waals surface area contributed by atoms with Crippen LogP contribution in [0.2, 0.25) is 0 Å². The van der Waals surface area contributed by atoms with E-state index in [1.165, 1.54) is 12.0 Å². The average Bonchev–Trinajstić information content (AvgIpc) is 3.02. The summed E-state index contributed by atoms with van der Waals surface area (Å²) in [5.74, 6) is 2.05. The molecule has 4 unspecified atom stereocenters. The van der Waals surface area contributed by atoms with E-state index < -0.39 is 0 Å². The second kappa shape index (κ2) is 3.78. The molecule has 16 heavy (non-hydrogen) atoms. The first-order valence-corrected chi connectivity index (χ1v) is 7.13. The highest BCUT2D eigenvalue weighted by Gasteiger charge is 2.54. The van der Waals surface area contributed by atoms with Gasteiger partial charge in [-0.2, -0.15) is 11.8 Å². The summed E-state index contributed by atoms with van der Waals surface area (Å²) in [6, 6.07) is 10.6. The molecule has 86 valence electrons. The summed E-state index contributed by atoms with van der Waals surface area (Å²) in [7, 11) is 0. The van der Waals surface area contributed by atoms with Gasteiger partial charge < -0.3 is 5.11 Å². The summed E-state index contributed by atoms with van der Waals surface area (Å²) in [6.07, 6.45) is 2.15. The van der Waals surface area contributed by atoms with Crippen LogP contribution in [0.1, 0.15) is 31.2 Å². The van der Waals surface area contributed by atoms with Gasteiger partial charge in [0.25, 0.3) is 0 Å². The van der Waals surface area contributed by atoms with Crippen LogP contribution in [0.15, 0.2) is 30.3 Å². The molecule has 1 saturated heterocycles. The number of hydrogen-bond acceptors (Lipinski definition) is 2. The summed E-state index contributed by atoms with van der Waals surface area (Å²) in [6.45, 7) is 2.22. The molecule has 1 aromatic carbocycles. The van der Waals surface area contributed by atoms with Crippen molar-refractivity contribution in [3.63, 3.8) is 0 Å². The molecule has 0 spiro atoms. The Labute approximate surface area is 101 Å². The van der Waals surface area contributed by atoms with Crippen molar-refractivity contribution < 1.29 is 5.11 Å². The van der Waals surface area contributed by atoms with E-state index in [2.05, 4.69) is 37.3 Å². The smallest absolute Gasteiger partial charge is 0.0782 e. The lowest BCUT2D eigenvalue weighted by Gasteiger charge is -2.22. The standard InChI is InChI=1S/C14H18OS/c1-10-8-14(15,9-16-10)13-7-12(13)11-5-3-2-4-6-11/h2-6,10,12-13,15H,7-9H2,1H3. The van der Waals surface area contributed by atoms with Crippen molar-refractivity contribution in [1.82, 2.24) is 0 Å². The number of thioether (sulfide) groups is 1. The van der Waals surface area contributed by atoms with E-state index >= 15 is 0 Å². The van der Waals surface area contributed by atoms with Gasteiger partial charge in [0.2, 0.25) is 0 Å². The van der Waals surface area contributed by atoms with Crippen LogP contribution in [0.3, 0.4) is 0 Å². The van der Waals surface area contributed by atoms with Crippen molar-refractivity contribution in [2.24, 2.45) is 5.92 Å². The Balaban J connectivity index is 1.72. The highest BCUT2D eigenvalue weighted by molar-refractivity contribution is 8.00. The van der Waals surface area contributed by atoms with Gasteiger partial charge in [0.1, 0.15) is 0 Å². The first-order chi connectivity index (χ1) is 7.69. The molecule has 1 aliphatic carbocycles. The van der Waals surface area contributed by atoms with Crippen LogP contribution in [0.25, 0.3) is 0 Å². The Bertz CT molecular complexity index is 378. The Morgan fingerprint density at radius 1 is 1.31 bits per heavy atom. The summed E-state index contributed by atoms with van der Waals surface area (Å²) >= 11 is 1.92. The monoisotopic (exact) mass is 234 g/mol. The molecule has 0 aromatic heterocycles. The van der Waals surface area contributed by atoms with Gasteiger partial charge in [-0.3, -0.25) is 0 Å². The Morgan fingerprint density at radius 3 is 2.69 bits per heavy atom. The quantitative estimate of drug-likeness (QED) is 0.848. The summed E-state index contributed by atoms with van der Waals surface area (Å²) in [5, 5.41) is 11.2. The normalized spacial score (nSPS) is 42.2. The third-order valence-electron chi connectivity index (χ3n) is 3.97. The van der Waals surface area contributed by atoms with Crippen LogP contribution in [-0.2, 0) is 0 Å². The lowest BCUT2D eigenvalue weighted by Crippen LogP contribution is -2.32. The van der Waals surface area contributed by atoms with Crippen LogP contribution in [0.4, 0.5) is 0 Å². The van der Waals surface area contributed by atoms with E-state index in [1.807, 2.05) is 11.8 Å². The van der Waals surface area contributed by atoms with Gasteiger partial charge in [0, 0.05) is 11.0 Å². The molecular formula is C14H18OS. The second-order valence-corrected chi connectivity index (χ2v) is 6.72. The van der Waals surface area contributed by atoms with E-state index in [-0.39, 0.29) is 5.60 Å². The second-order valence-electron chi connectivity index (χ2n) is 5.29. The van der Waals surface area contributed by atoms with E-state index in [4.69, 9.17) is 0 Å². The van der Waals surface area contributed by atoms with Gasteiger partial charge >= 0.3 is 0 Å². The molecule has 0 bridgehead atoms. The maximum absolute atomic E-state index is 10.6. The molecule has 2 aliphatic rings. The highest BCUT2D eigenvalue weighted by atomic mass is 32.2. The Kier molecular flexibility index (Phi) is 2.52. The summed E-state index contributed by atoms with van der Waals surface area (Å²) in [4.78, 5) is 0. The van der Waals surface area contributed by atoms with Crippen LogP contribution in [-0.4, -0.2) is 21.7 Å². The minimum atomic E-state index is -0.384. The topological polar surface area (TPSA) is 20.2 Å². The van der Waals surface area contributed by atoms with Crippen molar-refractivity contribution in [1.29, 1.82) is 0 Å². The maximum atomic E-state index is 10.6. The van der Waals surface area contributed by atoms with Gasteiger partial charge in [0.05, 0.1) is 5.60 Å². The van der Waals surface area contributed by atoms with Gasteiger partial charge in [-0.25, -0.2) is 0 Å². The van der Waals surface area contributed by atoms with E-state index in [9.17, 15) is 5.11 Å². The molecule has 3 rings (SSSR count). The molecule has 1 saturated carbocycles. The SMILES string of the molecule is CC1CC(O)(C2CC2c2ccccc2)CS1. The average molecular weight is 234 g/mol. The number of aliphatic hydroxyl groups is 1. The van der Waals surface area contributed by atoms with Crippen molar-refractivity contribution in [2.45, 2.75) is 36.5 Å². The zero-order chi connectivity index (χ0) is 11.2. The first-order valence-electron chi connectivity index (χ1n) is 6.08. The Hall–Kier alpha value is -0.470. The van der Waals surface area contributed by atoms with E-state index in [1.54, 1.807) is 0 Å². The van der Waals surface area contributed by atoms with Crippen LogP contribution >= 0.6 is 11.8 Å². The summed E-state index contributed by atoms with van der Waals surface area (Å²) in [5.41, 5.74) is 1.02. The fourth-order valence-corrected chi connectivity index (χ4v) is 4.33. The van der Waals surface area contributed by atoms with E-state index in [0.29, 0.717) is 17.1 Å². The molecule has 0 radical (unpaired) electrons. The maximum Gasteiger partial charge on any atom is 0.0782 e. The molecule has 1 nitrogen and oxygen atoms in total. The van der Waals surface area contributed by atoms with Crippen LogP contribution in [0.5, 0.6) is 0 Å². The molecule has 1 N–H and O–H groups in total. The third-order valence-corrected chi connectivity index (χ3v) is 5.37. The van der Waals surface area contributed by atoms with Gasteiger partial charge in [-0.15, -0.1) is 0 Å². The fraction of sp³-hybridized carbons (Fsp3) is 0.571. The molecule has 4 atom stereocenters. The zero-order valence-electron chi connectivity index (χ0n) is 9.60. The highest BCUT2D eigenvalue weighted by Crippen LogP contribution is 2.57. The van der Waals surface area contributed by atoms with Crippen molar-refractivity contribution in [3.05, 3.63) is 35.9 Å². The molecule has 1 heterocycles. The predicted octanol–water partition coefficient (Wildman–Crippen LogP) is 3.05. The summed E-state index contributed by atoms with van der Waals surface area (Å²) < 4.78 is 0.